The monoisotopic (exact) mass is 367 g/mol. The summed E-state index contributed by atoms with van der Waals surface area (Å²) in [7, 11) is 1.43. The Balaban J connectivity index is 1.91. The number of hydrogen-bond acceptors (Lipinski definition) is 5. The van der Waals surface area contributed by atoms with Crippen LogP contribution in [0, 0.1) is 0 Å². The van der Waals surface area contributed by atoms with Crippen molar-refractivity contribution in [2.75, 3.05) is 19.0 Å². The molecule has 8 heteroatoms. The highest BCUT2D eigenvalue weighted by Crippen LogP contribution is 2.28. The summed E-state index contributed by atoms with van der Waals surface area (Å²) in [5.41, 5.74) is 0.894. The molecule has 0 heterocycles. The van der Waals surface area contributed by atoms with E-state index >= 15 is 0 Å². The number of ether oxygens (including phenoxy) is 2. The Kier molecular flexibility index (Phi) is 6.76. The first-order valence-corrected chi connectivity index (χ1v) is 8.00. The van der Waals surface area contributed by atoms with E-state index in [1.807, 2.05) is 0 Å². The number of amides is 1. The number of benzene rings is 2. The van der Waals surface area contributed by atoms with E-state index < -0.39 is 11.7 Å². The average molecular weight is 367 g/mol. The van der Waals surface area contributed by atoms with Gasteiger partial charge in [0.25, 0.3) is 11.7 Å². The van der Waals surface area contributed by atoms with Crippen LogP contribution < -0.4 is 14.8 Å². The predicted octanol–water partition coefficient (Wildman–Crippen LogP) is 3.84. The van der Waals surface area contributed by atoms with Gasteiger partial charge in [-0.1, -0.05) is 11.8 Å². The molecule has 2 aromatic carbocycles. The third-order valence-corrected chi connectivity index (χ3v) is 3.77. The van der Waals surface area contributed by atoms with Crippen molar-refractivity contribution in [3.8, 4) is 11.5 Å². The van der Waals surface area contributed by atoms with Gasteiger partial charge in [0.1, 0.15) is 6.29 Å². The van der Waals surface area contributed by atoms with Crippen molar-refractivity contribution in [1.82, 2.24) is 0 Å². The Hall–Kier alpha value is -2.61. The quantitative estimate of drug-likeness (QED) is 0.567. The molecule has 1 N–H and O–H groups in total. The van der Waals surface area contributed by atoms with Crippen molar-refractivity contribution in [3.05, 3.63) is 48.0 Å². The second-order valence-electron chi connectivity index (χ2n) is 4.77. The number of rotatable bonds is 8. The van der Waals surface area contributed by atoms with Crippen molar-refractivity contribution >= 4 is 29.6 Å². The number of carbonyl (C=O) groups excluding carboxylic acids is 2. The van der Waals surface area contributed by atoms with E-state index in [0.717, 1.165) is 0 Å². The van der Waals surface area contributed by atoms with Crippen molar-refractivity contribution in [1.29, 1.82) is 0 Å². The second-order valence-corrected chi connectivity index (χ2v) is 5.83. The third-order valence-electron chi connectivity index (χ3n) is 3.05. The molecule has 0 fully saturated rings. The lowest BCUT2D eigenvalue weighted by molar-refractivity contribution is -0.118. The molecular weight excluding hydrogens is 352 g/mol. The van der Waals surface area contributed by atoms with Crippen molar-refractivity contribution in [2.45, 2.75) is 10.7 Å². The molecule has 2 rings (SSSR count). The second kappa shape index (κ2) is 9.03. The van der Waals surface area contributed by atoms with E-state index in [1.54, 1.807) is 6.07 Å². The van der Waals surface area contributed by atoms with Crippen molar-refractivity contribution < 1.29 is 27.8 Å². The van der Waals surface area contributed by atoms with Crippen LogP contribution >= 0.6 is 11.8 Å². The average Bonchev–Trinajstić information content (AvgIpc) is 2.61. The highest BCUT2D eigenvalue weighted by Gasteiger charge is 2.10. The summed E-state index contributed by atoms with van der Waals surface area (Å²) in [4.78, 5) is 23.1. The number of thioether (sulfide) groups is 1. The van der Waals surface area contributed by atoms with E-state index in [0.29, 0.717) is 45.7 Å². The van der Waals surface area contributed by atoms with Gasteiger partial charge in [-0.2, -0.15) is 8.78 Å². The molecular formula is C17H15F2NO4S. The van der Waals surface area contributed by atoms with Crippen LogP contribution in [0.15, 0.2) is 47.4 Å². The Labute approximate surface area is 147 Å². The van der Waals surface area contributed by atoms with Gasteiger partial charge in [0, 0.05) is 16.1 Å². The number of halogens is 2. The van der Waals surface area contributed by atoms with Gasteiger partial charge in [-0.15, -0.1) is 0 Å². The lowest BCUT2D eigenvalue weighted by Crippen LogP contribution is -2.20. The molecule has 0 bridgehead atoms. The molecule has 0 atom stereocenters. The Morgan fingerprint density at radius 1 is 1.20 bits per heavy atom. The maximum Gasteiger partial charge on any atom is 0.288 e. The smallest absolute Gasteiger partial charge is 0.288 e. The third kappa shape index (κ3) is 5.75. The van der Waals surface area contributed by atoms with Gasteiger partial charge in [-0.05, 0) is 42.5 Å². The van der Waals surface area contributed by atoms with Gasteiger partial charge in [0.05, 0.1) is 7.11 Å². The molecule has 25 heavy (non-hydrogen) atoms. The lowest BCUT2D eigenvalue weighted by Gasteiger charge is -2.11. The summed E-state index contributed by atoms with van der Waals surface area (Å²) in [5, 5.41) is 2.60. The first kappa shape index (κ1) is 18.7. The highest BCUT2D eigenvalue weighted by molar-refractivity contribution is 7.99. The minimum absolute atomic E-state index is 0.273. The Morgan fingerprint density at radius 3 is 2.52 bits per heavy atom. The number of carbonyl (C=O) groups is 2. The predicted molar refractivity (Wildman–Crippen MR) is 90.8 cm³/mol. The first-order valence-electron chi connectivity index (χ1n) is 7.12. The number of methoxy groups -OCH3 is 1. The molecule has 0 saturated heterocycles. The molecule has 0 aliphatic rings. The van der Waals surface area contributed by atoms with Gasteiger partial charge in [0.2, 0.25) is 0 Å². The fourth-order valence-electron chi connectivity index (χ4n) is 1.94. The summed E-state index contributed by atoms with van der Waals surface area (Å²) in [5.74, 6) is -2.25. The number of anilines is 1. The summed E-state index contributed by atoms with van der Waals surface area (Å²) >= 11 is 0.431. The molecule has 0 unspecified atom stereocenters. The number of alkyl halides is 2. The minimum Gasteiger partial charge on any atom is -0.493 e. The molecule has 0 aromatic heterocycles. The van der Waals surface area contributed by atoms with Gasteiger partial charge in [-0.3, -0.25) is 9.59 Å². The van der Waals surface area contributed by atoms with E-state index in [1.165, 1.54) is 43.5 Å². The van der Waals surface area contributed by atoms with Crippen LogP contribution in [0.5, 0.6) is 11.5 Å². The number of hydrogen-bond donors (Lipinski definition) is 1. The Morgan fingerprint density at radius 2 is 1.92 bits per heavy atom. The zero-order chi connectivity index (χ0) is 18.2. The zero-order valence-electron chi connectivity index (χ0n) is 13.2. The molecule has 0 spiro atoms. The van der Waals surface area contributed by atoms with Crippen molar-refractivity contribution in [2.24, 2.45) is 0 Å². The summed E-state index contributed by atoms with van der Waals surface area (Å²) in [6, 6.07) is 10.6. The van der Waals surface area contributed by atoms with Crippen LogP contribution in [0.2, 0.25) is 0 Å². The molecule has 0 radical (unpaired) electrons. The molecule has 2 aromatic rings. The minimum atomic E-state index is -2.49. The van der Waals surface area contributed by atoms with Gasteiger partial charge in [0.15, 0.2) is 18.1 Å². The molecule has 132 valence electrons. The number of aldehydes is 1. The normalized spacial score (nSPS) is 10.4. The van der Waals surface area contributed by atoms with Crippen LogP contribution in [0.1, 0.15) is 10.4 Å². The van der Waals surface area contributed by atoms with Crippen LogP contribution in [-0.4, -0.2) is 31.7 Å². The van der Waals surface area contributed by atoms with Crippen LogP contribution in [0.4, 0.5) is 14.5 Å². The molecule has 0 aliphatic heterocycles. The first-order chi connectivity index (χ1) is 12.0. The van der Waals surface area contributed by atoms with E-state index in [9.17, 15) is 18.4 Å². The van der Waals surface area contributed by atoms with Gasteiger partial charge >= 0.3 is 0 Å². The lowest BCUT2D eigenvalue weighted by atomic mass is 10.2. The van der Waals surface area contributed by atoms with E-state index in [-0.39, 0.29) is 6.61 Å². The SMILES string of the molecule is COc1cc(C=O)ccc1OCC(=O)Nc1ccc(SC(F)F)cc1. The van der Waals surface area contributed by atoms with E-state index in [4.69, 9.17) is 9.47 Å². The zero-order valence-corrected chi connectivity index (χ0v) is 14.0. The van der Waals surface area contributed by atoms with E-state index in [2.05, 4.69) is 5.32 Å². The topological polar surface area (TPSA) is 64.6 Å². The highest BCUT2D eigenvalue weighted by atomic mass is 32.2. The Bertz CT molecular complexity index is 738. The van der Waals surface area contributed by atoms with Crippen LogP contribution in [0.3, 0.4) is 0 Å². The van der Waals surface area contributed by atoms with Crippen LogP contribution in [0.25, 0.3) is 0 Å². The fourth-order valence-corrected chi connectivity index (χ4v) is 2.44. The molecule has 0 saturated carbocycles. The van der Waals surface area contributed by atoms with Gasteiger partial charge in [-0.25, -0.2) is 0 Å². The standard InChI is InChI=1S/C17H15F2NO4S/c1-23-15-8-11(9-21)2-7-14(15)24-10-16(22)20-12-3-5-13(6-4-12)25-17(18)19/h2-9,17H,10H2,1H3,(H,20,22). The van der Waals surface area contributed by atoms with Crippen molar-refractivity contribution in [3.63, 3.8) is 0 Å². The fraction of sp³-hybridized carbons (Fsp3) is 0.176. The number of nitrogens with one attached hydrogen (secondary N) is 1. The van der Waals surface area contributed by atoms with Crippen LogP contribution in [-0.2, 0) is 4.79 Å². The molecule has 1 amide bonds. The largest absolute Gasteiger partial charge is 0.493 e. The summed E-state index contributed by atoms with van der Waals surface area (Å²) in [6.07, 6.45) is 0.676. The van der Waals surface area contributed by atoms with Gasteiger partial charge < -0.3 is 14.8 Å². The molecule has 0 aliphatic carbocycles. The molecule has 5 nitrogen and oxygen atoms in total. The maximum atomic E-state index is 12.2. The maximum absolute atomic E-state index is 12.2. The summed E-state index contributed by atoms with van der Waals surface area (Å²) in [6.45, 7) is -0.273. The summed E-state index contributed by atoms with van der Waals surface area (Å²) < 4.78 is 35.0.